The summed E-state index contributed by atoms with van der Waals surface area (Å²) >= 11 is 1.41. The number of benzene rings is 2. The summed E-state index contributed by atoms with van der Waals surface area (Å²) in [6.07, 6.45) is 1.73. The molecule has 0 aliphatic heterocycles. The highest BCUT2D eigenvalue weighted by molar-refractivity contribution is 7.17. The number of carbonyl (C=O) groups excluding carboxylic acids is 1. The smallest absolute Gasteiger partial charge is 0.261 e. The van der Waals surface area contributed by atoms with Crippen molar-refractivity contribution in [3.8, 4) is 16.2 Å². The van der Waals surface area contributed by atoms with Crippen LogP contribution in [0.15, 0.2) is 66.7 Å². The summed E-state index contributed by atoms with van der Waals surface area (Å²) in [4.78, 5) is 13.8. The maximum atomic E-state index is 13.0. The van der Waals surface area contributed by atoms with Crippen molar-refractivity contribution in [2.24, 2.45) is 0 Å². The Labute approximate surface area is 156 Å². The lowest BCUT2D eigenvalue weighted by atomic mass is 10.2. The quantitative estimate of drug-likeness (QED) is 0.558. The number of halogens is 1. The number of hydrogen-bond donors (Lipinski definition) is 1. The van der Waals surface area contributed by atoms with E-state index in [9.17, 15) is 9.18 Å². The minimum Gasteiger partial charge on any atom is -0.494 e. The first-order valence-corrected chi connectivity index (χ1v) is 9.36. The molecule has 0 saturated heterocycles. The molecule has 0 fully saturated rings. The lowest BCUT2D eigenvalue weighted by Crippen LogP contribution is -2.23. The van der Waals surface area contributed by atoms with Gasteiger partial charge in [-0.3, -0.25) is 4.79 Å². The molecule has 0 radical (unpaired) electrons. The monoisotopic (exact) mass is 369 g/mol. The normalized spacial score (nSPS) is 10.5. The number of thiophene rings is 1. The molecule has 0 bridgehead atoms. The van der Waals surface area contributed by atoms with E-state index in [1.54, 1.807) is 18.2 Å². The molecule has 0 spiro atoms. The van der Waals surface area contributed by atoms with Gasteiger partial charge >= 0.3 is 0 Å². The third-order valence-electron chi connectivity index (χ3n) is 3.83. The van der Waals surface area contributed by atoms with Crippen molar-refractivity contribution in [2.75, 3.05) is 13.2 Å². The number of para-hydroxylation sites is 1. The molecule has 3 nitrogen and oxygen atoms in total. The second-order valence-electron chi connectivity index (χ2n) is 5.80. The van der Waals surface area contributed by atoms with E-state index in [1.807, 2.05) is 36.4 Å². The highest BCUT2D eigenvalue weighted by Crippen LogP contribution is 2.28. The molecule has 0 saturated carbocycles. The van der Waals surface area contributed by atoms with Crippen LogP contribution in [0.1, 0.15) is 22.5 Å². The van der Waals surface area contributed by atoms with Crippen molar-refractivity contribution in [3.63, 3.8) is 0 Å². The lowest BCUT2D eigenvalue weighted by Gasteiger charge is -2.06. The van der Waals surface area contributed by atoms with E-state index >= 15 is 0 Å². The topological polar surface area (TPSA) is 38.3 Å². The Morgan fingerprint density at radius 2 is 1.73 bits per heavy atom. The molecule has 3 rings (SSSR count). The zero-order valence-corrected chi connectivity index (χ0v) is 15.1. The van der Waals surface area contributed by atoms with Gasteiger partial charge in [0, 0.05) is 11.4 Å². The van der Waals surface area contributed by atoms with Gasteiger partial charge in [-0.25, -0.2) is 4.39 Å². The summed E-state index contributed by atoms with van der Waals surface area (Å²) in [7, 11) is 0. The van der Waals surface area contributed by atoms with Crippen LogP contribution in [0.2, 0.25) is 0 Å². The molecule has 1 heterocycles. The van der Waals surface area contributed by atoms with Crippen LogP contribution in [-0.2, 0) is 0 Å². The van der Waals surface area contributed by atoms with Gasteiger partial charge in [-0.2, -0.15) is 0 Å². The summed E-state index contributed by atoms with van der Waals surface area (Å²) in [5, 5.41) is 2.93. The number of rotatable bonds is 8. The molecule has 2 aromatic carbocycles. The second-order valence-corrected chi connectivity index (χ2v) is 6.88. The van der Waals surface area contributed by atoms with Gasteiger partial charge < -0.3 is 10.1 Å². The van der Waals surface area contributed by atoms with Crippen LogP contribution in [0.4, 0.5) is 4.39 Å². The van der Waals surface area contributed by atoms with Crippen molar-refractivity contribution < 1.29 is 13.9 Å². The van der Waals surface area contributed by atoms with Crippen LogP contribution < -0.4 is 10.1 Å². The first-order valence-electron chi connectivity index (χ1n) is 8.54. The Hall–Kier alpha value is -2.66. The third kappa shape index (κ3) is 5.17. The molecule has 0 unspecified atom stereocenters. The first-order chi connectivity index (χ1) is 12.7. The zero-order valence-electron chi connectivity index (χ0n) is 14.3. The van der Waals surface area contributed by atoms with Crippen LogP contribution in [0, 0.1) is 5.82 Å². The second kappa shape index (κ2) is 9.15. The molecule has 0 aliphatic carbocycles. The number of ether oxygens (including phenoxy) is 1. The van der Waals surface area contributed by atoms with E-state index < -0.39 is 0 Å². The van der Waals surface area contributed by atoms with Crippen molar-refractivity contribution in [3.05, 3.63) is 77.4 Å². The molecule has 1 aromatic heterocycles. The van der Waals surface area contributed by atoms with Crippen LogP contribution in [0.25, 0.3) is 10.4 Å². The van der Waals surface area contributed by atoms with E-state index in [1.165, 1.54) is 23.5 Å². The molecule has 134 valence electrons. The fourth-order valence-electron chi connectivity index (χ4n) is 2.45. The van der Waals surface area contributed by atoms with E-state index in [-0.39, 0.29) is 11.7 Å². The minimum absolute atomic E-state index is 0.0765. The predicted octanol–water partition coefficient (Wildman–Crippen LogP) is 5.14. The fraction of sp³-hybridized carbons (Fsp3) is 0.190. The van der Waals surface area contributed by atoms with E-state index in [4.69, 9.17) is 4.74 Å². The minimum atomic E-state index is -0.264. The van der Waals surface area contributed by atoms with Crippen molar-refractivity contribution in [1.82, 2.24) is 5.32 Å². The Bertz CT molecular complexity index is 831. The van der Waals surface area contributed by atoms with Gasteiger partial charge in [0.05, 0.1) is 11.5 Å². The largest absolute Gasteiger partial charge is 0.494 e. The highest BCUT2D eigenvalue weighted by atomic mass is 32.1. The SMILES string of the molecule is O=C(NCCCCOc1ccccc1)c1ccc(-c2ccc(F)cc2)s1. The van der Waals surface area contributed by atoms with Gasteiger partial charge in [0.2, 0.25) is 0 Å². The highest BCUT2D eigenvalue weighted by Gasteiger charge is 2.10. The van der Waals surface area contributed by atoms with Gasteiger partial charge in [-0.15, -0.1) is 11.3 Å². The fourth-order valence-corrected chi connectivity index (χ4v) is 3.38. The summed E-state index contributed by atoms with van der Waals surface area (Å²) in [6.45, 7) is 1.24. The number of amides is 1. The molecule has 3 aromatic rings. The Kier molecular flexibility index (Phi) is 6.39. The Morgan fingerprint density at radius 3 is 2.50 bits per heavy atom. The van der Waals surface area contributed by atoms with Crippen LogP contribution in [0.5, 0.6) is 5.75 Å². The summed E-state index contributed by atoms with van der Waals surface area (Å²) in [6, 6.07) is 19.7. The van der Waals surface area contributed by atoms with E-state index in [0.717, 1.165) is 29.0 Å². The number of carbonyl (C=O) groups is 1. The third-order valence-corrected chi connectivity index (χ3v) is 4.96. The first kappa shape index (κ1) is 18.1. The number of unbranched alkanes of at least 4 members (excludes halogenated alkanes) is 1. The summed E-state index contributed by atoms with van der Waals surface area (Å²) < 4.78 is 18.6. The average Bonchev–Trinajstić information content (AvgIpc) is 3.16. The van der Waals surface area contributed by atoms with E-state index in [0.29, 0.717) is 18.0 Å². The van der Waals surface area contributed by atoms with Gasteiger partial charge in [-0.1, -0.05) is 30.3 Å². The van der Waals surface area contributed by atoms with Gasteiger partial charge in [-0.05, 0) is 54.8 Å². The summed E-state index contributed by atoms with van der Waals surface area (Å²) in [5.74, 6) is 0.523. The molecule has 26 heavy (non-hydrogen) atoms. The Morgan fingerprint density at radius 1 is 0.962 bits per heavy atom. The maximum Gasteiger partial charge on any atom is 0.261 e. The average molecular weight is 369 g/mol. The molecule has 1 N–H and O–H groups in total. The lowest BCUT2D eigenvalue weighted by molar-refractivity contribution is 0.0956. The molecule has 0 atom stereocenters. The molecule has 5 heteroatoms. The van der Waals surface area contributed by atoms with Crippen LogP contribution >= 0.6 is 11.3 Å². The van der Waals surface area contributed by atoms with Crippen LogP contribution in [0.3, 0.4) is 0 Å². The number of nitrogens with one attached hydrogen (secondary N) is 1. The van der Waals surface area contributed by atoms with Crippen molar-refractivity contribution in [2.45, 2.75) is 12.8 Å². The molecular weight excluding hydrogens is 349 g/mol. The summed E-state index contributed by atoms with van der Waals surface area (Å²) in [5.41, 5.74) is 0.911. The van der Waals surface area contributed by atoms with Crippen molar-refractivity contribution >= 4 is 17.2 Å². The molecule has 0 aliphatic rings. The zero-order chi connectivity index (χ0) is 18.2. The van der Waals surface area contributed by atoms with E-state index in [2.05, 4.69) is 5.32 Å². The predicted molar refractivity (Wildman–Crippen MR) is 103 cm³/mol. The Balaban J connectivity index is 1.39. The van der Waals surface area contributed by atoms with Crippen LogP contribution in [-0.4, -0.2) is 19.1 Å². The molecule has 1 amide bonds. The van der Waals surface area contributed by atoms with Gasteiger partial charge in [0.1, 0.15) is 11.6 Å². The van der Waals surface area contributed by atoms with Gasteiger partial charge in [0.15, 0.2) is 0 Å². The molecular formula is C21H20FNO2S. The maximum absolute atomic E-state index is 13.0. The number of hydrogen-bond acceptors (Lipinski definition) is 3. The standard InChI is InChI=1S/C21H20FNO2S/c22-17-10-8-16(9-11-17)19-12-13-20(26-19)21(24)23-14-4-5-15-25-18-6-2-1-3-7-18/h1-3,6-13H,4-5,14-15H2,(H,23,24). The van der Waals surface area contributed by atoms with Crippen molar-refractivity contribution in [1.29, 1.82) is 0 Å². The van der Waals surface area contributed by atoms with Gasteiger partial charge in [0.25, 0.3) is 5.91 Å².